The minimum Gasteiger partial charge on any atom is -0.313 e. The molecule has 4 aromatic rings. The molecule has 0 radical (unpaired) electrons. The maximum Gasteiger partial charge on any atom is 0.185 e. The standard InChI is InChI=1S/C23H19NOS/c1-17-22(25)15-21(14-18-12-13-26-16-18)24(20-10-6-3-7-11-20)23(17)19-8-4-2-5-9-19/h2-13,15-16H,14H2,1H3. The lowest BCUT2D eigenvalue weighted by molar-refractivity contribution is 0.923. The Hall–Kier alpha value is -2.91. The maximum absolute atomic E-state index is 12.7. The molecule has 0 atom stereocenters. The second-order valence-corrected chi connectivity index (χ2v) is 7.10. The summed E-state index contributed by atoms with van der Waals surface area (Å²) in [5.74, 6) is 0. The Labute approximate surface area is 157 Å². The molecule has 128 valence electrons. The molecule has 2 nitrogen and oxygen atoms in total. The van der Waals surface area contributed by atoms with E-state index in [1.807, 2.05) is 43.3 Å². The van der Waals surface area contributed by atoms with E-state index < -0.39 is 0 Å². The molecule has 0 unspecified atom stereocenters. The van der Waals surface area contributed by atoms with Crippen LogP contribution < -0.4 is 5.43 Å². The fraction of sp³-hybridized carbons (Fsp3) is 0.0870. The number of nitrogens with zero attached hydrogens (tertiary/aromatic N) is 1. The quantitative estimate of drug-likeness (QED) is 0.475. The number of aromatic nitrogens is 1. The van der Waals surface area contributed by atoms with E-state index in [0.717, 1.165) is 34.6 Å². The van der Waals surface area contributed by atoms with Crippen LogP contribution >= 0.6 is 11.3 Å². The second-order valence-electron chi connectivity index (χ2n) is 6.32. The van der Waals surface area contributed by atoms with Gasteiger partial charge in [-0.3, -0.25) is 4.79 Å². The van der Waals surface area contributed by atoms with Gasteiger partial charge in [0.1, 0.15) is 0 Å². The summed E-state index contributed by atoms with van der Waals surface area (Å²) in [6, 6.07) is 24.3. The van der Waals surface area contributed by atoms with Crippen LogP contribution in [-0.4, -0.2) is 4.57 Å². The van der Waals surface area contributed by atoms with Crippen molar-refractivity contribution in [1.29, 1.82) is 0 Å². The third-order valence-electron chi connectivity index (χ3n) is 4.56. The Morgan fingerprint density at radius 1 is 0.923 bits per heavy atom. The van der Waals surface area contributed by atoms with Gasteiger partial charge in [0.25, 0.3) is 0 Å². The summed E-state index contributed by atoms with van der Waals surface area (Å²) in [4.78, 5) is 12.7. The van der Waals surface area contributed by atoms with Crippen molar-refractivity contribution < 1.29 is 0 Å². The highest BCUT2D eigenvalue weighted by molar-refractivity contribution is 7.07. The molecule has 0 spiro atoms. The van der Waals surface area contributed by atoms with E-state index in [9.17, 15) is 4.79 Å². The number of benzene rings is 2. The van der Waals surface area contributed by atoms with Gasteiger partial charge in [0.15, 0.2) is 5.43 Å². The zero-order chi connectivity index (χ0) is 17.9. The van der Waals surface area contributed by atoms with Crippen LogP contribution in [0.25, 0.3) is 16.9 Å². The number of rotatable bonds is 4. The number of para-hydroxylation sites is 1. The monoisotopic (exact) mass is 357 g/mol. The predicted molar refractivity (Wildman–Crippen MR) is 109 cm³/mol. The van der Waals surface area contributed by atoms with E-state index in [0.29, 0.717) is 0 Å². The highest BCUT2D eigenvalue weighted by Crippen LogP contribution is 2.28. The zero-order valence-electron chi connectivity index (χ0n) is 14.6. The molecule has 0 aliphatic heterocycles. The van der Waals surface area contributed by atoms with E-state index in [1.54, 1.807) is 17.4 Å². The molecular formula is C23H19NOS. The summed E-state index contributed by atoms with van der Waals surface area (Å²) in [6.45, 7) is 1.92. The molecule has 2 aromatic carbocycles. The Bertz CT molecular complexity index is 1060. The van der Waals surface area contributed by atoms with Gasteiger partial charge in [0.2, 0.25) is 0 Å². The lowest BCUT2D eigenvalue weighted by Crippen LogP contribution is -2.17. The third kappa shape index (κ3) is 3.14. The lowest BCUT2D eigenvalue weighted by atomic mass is 10.0. The average Bonchev–Trinajstić information content (AvgIpc) is 3.19. The molecule has 0 aliphatic carbocycles. The van der Waals surface area contributed by atoms with Crippen LogP contribution in [0, 0.1) is 6.92 Å². The summed E-state index contributed by atoms with van der Waals surface area (Å²) < 4.78 is 2.23. The molecule has 26 heavy (non-hydrogen) atoms. The van der Waals surface area contributed by atoms with Crippen molar-refractivity contribution in [2.75, 3.05) is 0 Å². The van der Waals surface area contributed by atoms with E-state index in [-0.39, 0.29) is 5.43 Å². The molecule has 0 saturated heterocycles. The summed E-state index contributed by atoms with van der Waals surface area (Å²) in [5, 5.41) is 4.22. The van der Waals surface area contributed by atoms with E-state index in [1.165, 1.54) is 5.56 Å². The first-order valence-electron chi connectivity index (χ1n) is 8.61. The van der Waals surface area contributed by atoms with Crippen molar-refractivity contribution in [2.24, 2.45) is 0 Å². The van der Waals surface area contributed by atoms with Crippen LogP contribution in [0.3, 0.4) is 0 Å². The number of pyridine rings is 1. The van der Waals surface area contributed by atoms with Crippen molar-refractivity contribution in [1.82, 2.24) is 4.57 Å². The van der Waals surface area contributed by atoms with Crippen molar-refractivity contribution in [3.05, 3.63) is 111 Å². The Morgan fingerprint density at radius 3 is 2.27 bits per heavy atom. The molecule has 2 aromatic heterocycles. The van der Waals surface area contributed by atoms with Gasteiger partial charge in [0.05, 0.1) is 5.69 Å². The van der Waals surface area contributed by atoms with Gasteiger partial charge in [-0.25, -0.2) is 0 Å². The molecule has 2 heterocycles. The first kappa shape index (κ1) is 16.6. The van der Waals surface area contributed by atoms with E-state index in [2.05, 4.69) is 45.7 Å². The molecule has 3 heteroatoms. The highest BCUT2D eigenvalue weighted by atomic mass is 32.1. The van der Waals surface area contributed by atoms with Gasteiger partial charge in [0, 0.05) is 29.4 Å². The smallest absolute Gasteiger partial charge is 0.185 e. The van der Waals surface area contributed by atoms with Gasteiger partial charge in [-0.05, 0) is 47.0 Å². The van der Waals surface area contributed by atoms with Crippen molar-refractivity contribution in [3.8, 4) is 16.9 Å². The normalized spacial score (nSPS) is 10.8. The summed E-state index contributed by atoms with van der Waals surface area (Å²) in [6.07, 6.45) is 0.730. The van der Waals surface area contributed by atoms with Crippen molar-refractivity contribution in [3.63, 3.8) is 0 Å². The number of hydrogen-bond donors (Lipinski definition) is 0. The molecule has 0 bridgehead atoms. The Morgan fingerprint density at radius 2 is 1.62 bits per heavy atom. The second kappa shape index (κ2) is 7.14. The minimum atomic E-state index is 0.0845. The minimum absolute atomic E-state index is 0.0845. The first-order valence-corrected chi connectivity index (χ1v) is 9.56. The van der Waals surface area contributed by atoms with Crippen molar-refractivity contribution >= 4 is 11.3 Å². The number of thiophene rings is 1. The average molecular weight is 357 g/mol. The van der Waals surface area contributed by atoms with Crippen LogP contribution in [-0.2, 0) is 6.42 Å². The van der Waals surface area contributed by atoms with E-state index in [4.69, 9.17) is 0 Å². The topological polar surface area (TPSA) is 22.0 Å². The van der Waals surface area contributed by atoms with Crippen LogP contribution in [0.1, 0.15) is 16.8 Å². The van der Waals surface area contributed by atoms with Crippen LogP contribution in [0.2, 0.25) is 0 Å². The zero-order valence-corrected chi connectivity index (χ0v) is 15.4. The molecule has 4 rings (SSSR count). The Kier molecular flexibility index (Phi) is 4.55. The van der Waals surface area contributed by atoms with E-state index >= 15 is 0 Å². The van der Waals surface area contributed by atoms with Crippen LogP contribution in [0.4, 0.5) is 0 Å². The van der Waals surface area contributed by atoms with Crippen molar-refractivity contribution in [2.45, 2.75) is 13.3 Å². The fourth-order valence-electron chi connectivity index (χ4n) is 3.30. The predicted octanol–water partition coefficient (Wildman–Crippen LogP) is 5.47. The molecule has 0 aliphatic rings. The first-order chi connectivity index (χ1) is 12.7. The van der Waals surface area contributed by atoms with Crippen LogP contribution in [0.5, 0.6) is 0 Å². The maximum atomic E-state index is 12.7. The van der Waals surface area contributed by atoms with Gasteiger partial charge in [-0.2, -0.15) is 11.3 Å². The highest BCUT2D eigenvalue weighted by Gasteiger charge is 2.16. The number of hydrogen-bond acceptors (Lipinski definition) is 2. The van der Waals surface area contributed by atoms with Gasteiger partial charge < -0.3 is 4.57 Å². The summed E-state index contributed by atoms with van der Waals surface area (Å²) >= 11 is 1.68. The lowest BCUT2D eigenvalue weighted by Gasteiger charge is -2.21. The molecule has 0 fully saturated rings. The third-order valence-corrected chi connectivity index (χ3v) is 5.29. The van der Waals surface area contributed by atoms with Gasteiger partial charge in [-0.15, -0.1) is 0 Å². The fourth-order valence-corrected chi connectivity index (χ4v) is 3.97. The molecule has 0 N–H and O–H groups in total. The SMILES string of the molecule is Cc1c(-c2ccccc2)n(-c2ccccc2)c(Cc2ccsc2)cc1=O. The largest absolute Gasteiger partial charge is 0.313 e. The summed E-state index contributed by atoms with van der Waals surface area (Å²) in [5.41, 5.74) is 6.17. The van der Waals surface area contributed by atoms with Gasteiger partial charge >= 0.3 is 0 Å². The molecular weight excluding hydrogens is 338 g/mol. The van der Waals surface area contributed by atoms with Crippen LogP contribution in [0.15, 0.2) is 88.4 Å². The molecule has 0 amide bonds. The van der Waals surface area contributed by atoms with Gasteiger partial charge in [-0.1, -0.05) is 48.5 Å². The Balaban J connectivity index is 2.03. The molecule has 0 saturated carbocycles. The summed E-state index contributed by atoms with van der Waals surface area (Å²) in [7, 11) is 0.